The maximum atomic E-state index is 13.1. The van der Waals surface area contributed by atoms with E-state index in [4.69, 9.17) is 0 Å². The summed E-state index contributed by atoms with van der Waals surface area (Å²) < 4.78 is 39.3. The number of ketones is 1. The summed E-state index contributed by atoms with van der Waals surface area (Å²) in [5.74, 6) is -0.638. The molecule has 0 unspecified atom stereocenters. The van der Waals surface area contributed by atoms with Gasteiger partial charge in [-0.1, -0.05) is 66.7 Å². The van der Waals surface area contributed by atoms with Crippen molar-refractivity contribution in [1.29, 1.82) is 0 Å². The standard InChI is InChI=1S/C20H13F3O/c21-20(22,23)18-12-5-4-11-17(18)19(24)16-10-6-9-15(13-16)14-7-2-1-3-8-14/h1-13H. The Bertz CT molecular complexity index is 867. The number of rotatable bonds is 3. The average molecular weight is 326 g/mol. The summed E-state index contributed by atoms with van der Waals surface area (Å²) in [7, 11) is 0. The van der Waals surface area contributed by atoms with Gasteiger partial charge in [0, 0.05) is 11.1 Å². The molecule has 0 atom stereocenters. The van der Waals surface area contributed by atoms with Gasteiger partial charge in [-0.25, -0.2) is 0 Å². The van der Waals surface area contributed by atoms with E-state index in [1.54, 1.807) is 12.1 Å². The molecular weight excluding hydrogens is 313 g/mol. The van der Waals surface area contributed by atoms with Gasteiger partial charge in [0.25, 0.3) is 0 Å². The third kappa shape index (κ3) is 3.23. The molecule has 0 bridgehead atoms. The zero-order chi connectivity index (χ0) is 17.2. The van der Waals surface area contributed by atoms with E-state index >= 15 is 0 Å². The van der Waals surface area contributed by atoms with Crippen LogP contribution in [-0.2, 0) is 6.18 Å². The van der Waals surface area contributed by atoms with Crippen LogP contribution >= 0.6 is 0 Å². The monoisotopic (exact) mass is 326 g/mol. The summed E-state index contributed by atoms with van der Waals surface area (Å²) in [4.78, 5) is 12.6. The van der Waals surface area contributed by atoms with E-state index < -0.39 is 17.5 Å². The van der Waals surface area contributed by atoms with Crippen molar-refractivity contribution >= 4 is 5.78 Å². The van der Waals surface area contributed by atoms with Gasteiger partial charge in [0.05, 0.1) is 5.56 Å². The topological polar surface area (TPSA) is 17.1 Å². The van der Waals surface area contributed by atoms with Crippen molar-refractivity contribution in [3.05, 3.63) is 95.6 Å². The first-order valence-corrected chi connectivity index (χ1v) is 7.33. The van der Waals surface area contributed by atoms with Crippen LogP contribution in [0.2, 0.25) is 0 Å². The minimum atomic E-state index is -4.57. The minimum absolute atomic E-state index is 0.230. The zero-order valence-electron chi connectivity index (χ0n) is 12.5. The summed E-state index contributed by atoms with van der Waals surface area (Å²) in [5, 5.41) is 0. The van der Waals surface area contributed by atoms with E-state index in [2.05, 4.69) is 0 Å². The van der Waals surface area contributed by atoms with E-state index in [9.17, 15) is 18.0 Å². The van der Waals surface area contributed by atoms with Crippen molar-refractivity contribution in [3.8, 4) is 11.1 Å². The smallest absolute Gasteiger partial charge is 0.289 e. The van der Waals surface area contributed by atoms with Gasteiger partial charge >= 0.3 is 6.18 Å². The third-order valence-electron chi connectivity index (χ3n) is 3.71. The van der Waals surface area contributed by atoms with Crippen LogP contribution in [0, 0.1) is 0 Å². The third-order valence-corrected chi connectivity index (χ3v) is 3.71. The molecule has 24 heavy (non-hydrogen) atoms. The number of alkyl halides is 3. The lowest BCUT2D eigenvalue weighted by atomic mass is 9.95. The largest absolute Gasteiger partial charge is 0.417 e. The van der Waals surface area contributed by atoms with Crippen LogP contribution in [0.1, 0.15) is 21.5 Å². The van der Waals surface area contributed by atoms with Crippen LogP contribution < -0.4 is 0 Å². The predicted molar refractivity (Wildman–Crippen MR) is 86.8 cm³/mol. The Kier molecular flexibility index (Phi) is 4.21. The predicted octanol–water partition coefficient (Wildman–Crippen LogP) is 5.60. The number of benzene rings is 3. The van der Waals surface area contributed by atoms with E-state index in [1.807, 2.05) is 36.4 Å². The van der Waals surface area contributed by atoms with Crippen molar-refractivity contribution in [3.63, 3.8) is 0 Å². The highest BCUT2D eigenvalue weighted by Gasteiger charge is 2.34. The lowest BCUT2D eigenvalue weighted by Gasteiger charge is -2.12. The highest BCUT2D eigenvalue weighted by molar-refractivity contribution is 6.10. The highest BCUT2D eigenvalue weighted by Crippen LogP contribution is 2.33. The Hall–Kier alpha value is -2.88. The first-order chi connectivity index (χ1) is 11.5. The lowest BCUT2D eigenvalue weighted by Crippen LogP contribution is -2.13. The number of halogens is 3. The minimum Gasteiger partial charge on any atom is -0.289 e. The Morgan fingerprint density at radius 1 is 0.708 bits per heavy atom. The second-order valence-electron chi connectivity index (χ2n) is 5.32. The molecule has 0 heterocycles. The van der Waals surface area contributed by atoms with Crippen molar-refractivity contribution < 1.29 is 18.0 Å². The van der Waals surface area contributed by atoms with Gasteiger partial charge in [-0.05, 0) is 23.3 Å². The summed E-state index contributed by atoms with van der Waals surface area (Å²) in [6, 6.07) is 20.8. The van der Waals surface area contributed by atoms with Crippen molar-refractivity contribution in [2.75, 3.05) is 0 Å². The van der Waals surface area contributed by atoms with E-state index in [0.29, 0.717) is 0 Å². The van der Waals surface area contributed by atoms with Gasteiger partial charge in [0.2, 0.25) is 0 Å². The van der Waals surface area contributed by atoms with Crippen LogP contribution in [-0.4, -0.2) is 5.78 Å². The molecule has 0 radical (unpaired) electrons. The normalized spacial score (nSPS) is 11.3. The molecule has 0 fully saturated rings. The molecule has 0 saturated heterocycles. The molecule has 0 spiro atoms. The van der Waals surface area contributed by atoms with Crippen LogP contribution in [0.4, 0.5) is 13.2 Å². The van der Waals surface area contributed by atoms with Gasteiger partial charge in [0.15, 0.2) is 5.78 Å². The molecule has 0 aromatic heterocycles. The fraction of sp³-hybridized carbons (Fsp3) is 0.0500. The molecule has 0 aliphatic rings. The molecule has 3 aromatic carbocycles. The summed E-state index contributed by atoms with van der Waals surface area (Å²) >= 11 is 0. The van der Waals surface area contributed by atoms with Crippen LogP contribution in [0.25, 0.3) is 11.1 Å². The van der Waals surface area contributed by atoms with E-state index in [0.717, 1.165) is 17.2 Å². The molecule has 1 nitrogen and oxygen atoms in total. The maximum Gasteiger partial charge on any atom is 0.417 e. The molecule has 0 amide bonds. The Labute approximate surface area is 137 Å². The van der Waals surface area contributed by atoms with E-state index in [1.165, 1.54) is 24.3 Å². The number of hydrogen-bond donors (Lipinski definition) is 0. The fourth-order valence-electron chi connectivity index (χ4n) is 2.55. The van der Waals surface area contributed by atoms with Gasteiger partial charge in [0.1, 0.15) is 0 Å². The van der Waals surface area contributed by atoms with Crippen molar-refractivity contribution in [1.82, 2.24) is 0 Å². The maximum absolute atomic E-state index is 13.1. The summed E-state index contributed by atoms with van der Waals surface area (Å²) in [6.07, 6.45) is -4.57. The first kappa shape index (κ1) is 16.0. The fourth-order valence-corrected chi connectivity index (χ4v) is 2.55. The number of carbonyl (C=O) groups excluding carboxylic acids is 1. The SMILES string of the molecule is O=C(c1cccc(-c2ccccc2)c1)c1ccccc1C(F)(F)F. The average Bonchev–Trinajstić information content (AvgIpc) is 2.61. The second kappa shape index (κ2) is 6.32. The summed E-state index contributed by atoms with van der Waals surface area (Å²) in [5.41, 5.74) is 0.658. The molecule has 0 saturated carbocycles. The van der Waals surface area contributed by atoms with Crippen molar-refractivity contribution in [2.45, 2.75) is 6.18 Å². The Balaban J connectivity index is 2.04. The van der Waals surface area contributed by atoms with Crippen LogP contribution in [0.3, 0.4) is 0 Å². The molecule has 4 heteroatoms. The van der Waals surface area contributed by atoms with Gasteiger partial charge in [-0.2, -0.15) is 13.2 Å². The summed E-state index contributed by atoms with van der Waals surface area (Å²) in [6.45, 7) is 0. The Morgan fingerprint density at radius 2 is 1.33 bits per heavy atom. The van der Waals surface area contributed by atoms with Gasteiger partial charge < -0.3 is 0 Å². The molecule has 3 aromatic rings. The number of carbonyl (C=O) groups is 1. The van der Waals surface area contributed by atoms with Gasteiger partial charge in [-0.15, -0.1) is 0 Å². The molecule has 3 rings (SSSR count). The lowest BCUT2D eigenvalue weighted by molar-refractivity contribution is -0.137. The first-order valence-electron chi connectivity index (χ1n) is 7.33. The molecule has 0 aliphatic carbocycles. The van der Waals surface area contributed by atoms with Crippen LogP contribution in [0.5, 0.6) is 0 Å². The van der Waals surface area contributed by atoms with Crippen LogP contribution in [0.15, 0.2) is 78.9 Å². The van der Waals surface area contributed by atoms with Gasteiger partial charge in [-0.3, -0.25) is 4.79 Å². The Morgan fingerprint density at radius 3 is 2.04 bits per heavy atom. The number of hydrogen-bond acceptors (Lipinski definition) is 1. The highest BCUT2D eigenvalue weighted by atomic mass is 19.4. The van der Waals surface area contributed by atoms with E-state index in [-0.39, 0.29) is 11.1 Å². The zero-order valence-corrected chi connectivity index (χ0v) is 12.5. The second-order valence-corrected chi connectivity index (χ2v) is 5.32. The molecule has 0 aliphatic heterocycles. The molecular formula is C20H13F3O. The molecule has 120 valence electrons. The quantitative estimate of drug-likeness (QED) is 0.572. The van der Waals surface area contributed by atoms with Crippen molar-refractivity contribution in [2.24, 2.45) is 0 Å². The molecule has 0 N–H and O–H groups in total.